The van der Waals surface area contributed by atoms with Crippen molar-refractivity contribution in [2.24, 2.45) is 0 Å². The van der Waals surface area contributed by atoms with Crippen molar-refractivity contribution < 1.29 is 33.1 Å². The Morgan fingerprint density at radius 1 is 1.18 bits per heavy atom. The SMILES string of the molecule is CCOC(=O)C1=C(OC(=O)C(C)(C)Oc2ccc(Cl)cc2)N(C2(C)OB(C)OC2(C)C)C=CC1. The first-order valence-corrected chi connectivity index (χ1v) is 11.6. The van der Waals surface area contributed by atoms with E-state index in [1.54, 1.807) is 69.0 Å². The van der Waals surface area contributed by atoms with E-state index < -0.39 is 36.0 Å². The van der Waals surface area contributed by atoms with E-state index in [1.807, 2.05) is 20.8 Å². The van der Waals surface area contributed by atoms with Crippen LogP contribution in [0.1, 0.15) is 48.0 Å². The van der Waals surface area contributed by atoms with Crippen LogP contribution in [0.25, 0.3) is 0 Å². The summed E-state index contributed by atoms with van der Waals surface area (Å²) in [6, 6.07) is 6.64. The van der Waals surface area contributed by atoms with E-state index in [0.29, 0.717) is 10.8 Å². The molecule has 184 valence electrons. The lowest BCUT2D eigenvalue weighted by molar-refractivity contribution is -0.165. The van der Waals surface area contributed by atoms with Gasteiger partial charge in [0, 0.05) is 17.6 Å². The van der Waals surface area contributed by atoms with E-state index in [1.165, 1.54) is 0 Å². The Labute approximate surface area is 205 Å². The average molecular weight is 492 g/mol. The monoisotopic (exact) mass is 491 g/mol. The van der Waals surface area contributed by atoms with Crippen LogP contribution in [0.5, 0.6) is 5.75 Å². The first kappa shape index (κ1) is 26.1. The summed E-state index contributed by atoms with van der Waals surface area (Å²) in [5.41, 5.74) is -3.08. The van der Waals surface area contributed by atoms with Crippen molar-refractivity contribution in [2.75, 3.05) is 6.61 Å². The minimum absolute atomic E-state index is 0.0204. The highest BCUT2D eigenvalue weighted by Crippen LogP contribution is 2.44. The van der Waals surface area contributed by atoms with Gasteiger partial charge in [-0.05, 0) is 72.6 Å². The number of halogens is 1. The van der Waals surface area contributed by atoms with Gasteiger partial charge in [0.25, 0.3) is 0 Å². The molecule has 0 aliphatic carbocycles. The molecule has 1 aromatic carbocycles. The molecule has 1 fully saturated rings. The fourth-order valence-electron chi connectivity index (χ4n) is 3.82. The van der Waals surface area contributed by atoms with Crippen molar-refractivity contribution >= 4 is 30.7 Å². The van der Waals surface area contributed by atoms with Gasteiger partial charge < -0.3 is 23.5 Å². The van der Waals surface area contributed by atoms with Crippen molar-refractivity contribution in [2.45, 2.75) is 71.7 Å². The first-order chi connectivity index (χ1) is 15.8. The number of esters is 2. The van der Waals surface area contributed by atoms with Crippen LogP contribution < -0.4 is 4.74 Å². The van der Waals surface area contributed by atoms with E-state index in [-0.39, 0.29) is 24.5 Å². The lowest BCUT2D eigenvalue weighted by atomic mass is 9.93. The molecular weight excluding hydrogens is 461 g/mol. The predicted molar refractivity (Wildman–Crippen MR) is 128 cm³/mol. The third-order valence-electron chi connectivity index (χ3n) is 5.88. The Kier molecular flexibility index (Phi) is 7.41. The van der Waals surface area contributed by atoms with Gasteiger partial charge in [-0.3, -0.25) is 4.90 Å². The topological polar surface area (TPSA) is 83.5 Å². The third kappa shape index (κ3) is 5.11. The molecule has 3 rings (SSSR count). The second-order valence-corrected chi connectivity index (χ2v) is 9.65. The summed E-state index contributed by atoms with van der Waals surface area (Å²) in [6.45, 7) is 12.4. The molecule has 8 nitrogen and oxygen atoms in total. The Bertz CT molecular complexity index is 1010. The summed E-state index contributed by atoms with van der Waals surface area (Å²) >= 11 is 5.94. The fourth-order valence-corrected chi connectivity index (χ4v) is 3.95. The number of hydrogen-bond acceptors (Lipinski definition) is 8. The van der Waals surface area contributed by atoms with Crippen LogP contribution in [0.2, 0.25) is 11.8 Å². The Hall–Kier alpha value is -2.49. The molecule has 0 aromatic heterocycles. The Balaban J connectivity index is 1.97. The predicted octanol–water partition coefficient (Wildman–Crippen LogP) is 4.69. The molecule has 34 heavy (non-hydrogen) atoms. The van der Waals surface area contributed by atoms with Crippen LogP contribution in [0, 0.1) is 0 Å². The molecule has 10 heteroatoms. The van der Waals surface area contributed by atoms with Gasteiger partial charge >= 0.3 is 19.1 Å². The molecular formula is C24H31BClNO7. The van der Waals surface area contributed by atoms with Crippen LogP contribution in [0.15, 0.2) is 48.0 Å². The lowest BCUT2D eigenvalue weighted by Crippen LogP contribution is -2.57. The van der Waals surface area contributed by atoms with Crippen LogP contribution in [0.3, 0.4) is 0 Å². The highest BCUT2D eigenvalue weighted by Gasteiger charge is 2.57. The highest BCUT2D eigenvalue weighted by atomic mass is 35.5. The molecule has 2 aliphatic heterocycles. The standard InChI is InChI=1S/C24H31BClNO7/c1-8-30-20(28)18-10-9-15-27(24(6)23(4,5)33-25(7)34-24)19(18)31-21(29)22(2,3)32-17-13-11-16(26)12-14-17/h9,11-15H,8,10H2,1-7H3. The molecule has 1 aromatic rings. The van der Waals surface area contributed by atoms with Crippen LogP contribution in [0.4, 0.5) is 0 Å². The zero-order valence-electron chi connectivity index (χ0n) is 20.6. The van der Waals surface area contributed by atoms with E-state index in [0.717, 1.165) is 0 Å². The summed E-state index contributed by atoms with van der Waals surface area (Å²) < 4.78 is 29.1. The normalized spacial score (nSPS) is 22.1. The molecule has 0 amide bonds. The van der Waals surface area contributed by atoms with Crippen LogP contribution in [-0.2, 0) is 28.4 Å². The van der Waals surface area contributed by atoms with E-state index in [2.05, 4.69) is 0 Å². The summed E-state index contributed by atoms with van der Waals surface area (Å²) in [5, 5.41) is 0.547. The van der Waals surface area contributed by atoms with Crippen molar-refractivity contribution in [1.82, 2.24) is 4.90 Å². The molecule has 2 heterocycles. The minimum Gasteiger partial charge on any atom is -0.476 e. The maximum Gasteiger partial charge on any atom is 0.455 e. The second-order valence-electron chi connectivity index (χ2n) is 9.22. The maximum atomic E-state index is 13.3. The van der Waals surface area contributed by atoms with Gasteiger partial charge in [0.15, 0.2) is 5.72 Å². The summed E-state index contributed by atoms with van der Waals surface area (Å²) in [4.78, 5) is 27.8. The maximum absolute atomic E-state index is 13.3. The number of carbonyl (C=O) groups excluding carboxylic acids is 2. The minimum atomic E-state index is -1.38. The quantitative estimate of drug-likeness (QED) is 0.401. The van der Waals surface area contributed by atoms with Gasteiger partial charge in [0.1, 0.15) is 11.3 Å². The molecule has 0 N–H and O–H groups in total. The number of benzene rings is 1. The molecule has 1 atom stereocenters. The third-order valence-corrected chi connectivity index (χ3v) is 6.13. The number of rotatable bonds is 7. The van der Waals surface area contributed by atoms with Crippen molar-refractivity contribution in [3.8, 4) is 5.75 Å². The highest BCUT2D eigenvalue weighted by molar-refractivity contribution is 6.43. The largest absolute Gasteiger partial charge is 0.476 e. The van der Waals surface area contributed by atoms with E-state index in [4.69, 9.17) is 35.1 Å². The Morgan fingerprint density at radius 2 is 1.82 bits per heavy atom. The fraction of sp³-hybridized carbons (Fsp3) is 0.500. The molecule has 1 unspecified atom stereocenters. The first-order valence-electron chi connectivity index (χ1n) is 11.2. The lowest BCUT2D eigenvalue weighted by Gasteiger charge is -2.46. The number of ether oxygens (including phenoxy) is 3. The molecule has 2 aliphatic rings. The summed E-state index contributed by atoms with van der Waals surface area (Å²) in [7, 11) is -0.511. The van der Waals surface area contributed by atoms with Crippen LogP contribution in [-0.4, -0.2) is 47.5 Å². The number of allylic oxidation sites excluding steroid dienone is 1. The van der Waals surface area contributed by atoms with Gasteiger partial charge in [0.2, 0.25) is 11.5 Å². The Morgan fingerprint density at radius 3 is 2.38 bits per heavy atom. The number of hydrogen-bond donors (Lipinski definition) is 0. The molecule has 0 bridgehead atoms. The summed E-state index contributed by atoms with van der Waals surface area (Å²) in [5.74, 6) is -0.815. The zero-order valence-corrected chi connectivity index (χ0v) is 21.4. The van der Waals surface area contributed by atoms with Gasteiger partial charge in [-0.1, -0.05) is 17.7 Å². The van der Waals surface area contributed by atoms with Crippen molar-refractivity contribution in [1.29, 1.82) is 0 Å². The number of carbonyl (C=O) groups is 2. The molecule has 1 saturated heterocycles. The smallest absolute Gasteiger partial charge is 0.455 e. The number of nitrogens with zero attached hydrogens (tertiary/aromatic N) is 1. The second kappa shape index (κ2) is 9.64. The van der Waals surface area contributed by atoms with Crippen LogP contribution >= 0.6 is 11.6 Å². The van der Waals surface area contributed by atoms with Crippen molar-refractivity contribution in [3.63, 3.8) is 0 Å². The average Bonchev–Trinajstić information content (AvgIpc) is 2.96. The van der Waals surface area contributed by atoms with Gasteiger partial charge in [-0.15, -0.1) is 0 Å². The molecule has 0 saturated carbocycles. The van der Waals surface area contributed by atoms with Crippen molar-refractivity contribution in [3.05, 3.63) is 53.0 Å². The molecule has 0 radical (unpaired) electrons. The van der Waals surface area contributed by atoms with Gasteiger partial charge in [0.05, 0.1) is 12.2 Å². The van der Waals surface area contributed by atoms with E-state index >= 15 is 0 Å². The van der Waals surface area contributed by atoms with Gasteiger partial charge in [-0.2, -0.15) is 0 Å². The summed E-state index contributed by atoms with van der Waals surface area (Å²) in [6.07, 6.45) is 3.73. The van der Waals surface area contributed by atoms with Gasteiger partial charge in [-0.25, -0.2) is 9.59 Å². The zero-order chi connectivity index (χ0) is 25.3. The molecule has 0 spiro atoms. The van der Waals surface area contributed by atoms with E-state index in [9.17, 15) is 9.59 Å².